The molecule has 0 bridgehead atoms. The van der Waals surface area contributed by atoms with E-state index in [0.29, 0.717) is 5.69 Å². The third-order valence-corrected chi connectivity index (χ3v) is 4.04. The Hall–Kier alpha value is -0.830. The van der Waals surface area contributed by atoms with Crippen molar-refractivity contribution >= 4 is 16.5 Å². The third-order valence-electron chi connectivity index (χ3n) is 2.57. The molecule has 0 aliphatic heterocycles. The standard InChI is InChI=1S/C11H15NOS/c12-10-3-1-2-4-11(10)14(13)8-7-9-5-6-9/h1-4,9H,5-8,12H2. The first-order valence-corrected chi connectivity index (χ1v) is 6.32. The van der Waals surface area contributed by atoms with Crippen molar-refractivity contribution in [3.63, 3.8) is 0 Å². The van der Waals surface area contributed by atoms with Crippen molar-refractivity contribution in [3.8, 4) is 0 Å². The zero-order valence-corrected chi connectivity index (χ0v) is 8.93. The highest BCUT2D eigenvalue weighted by Crippen LogP contribution is 2.33. The molecule has 76 valence electrons. The first kappa shape index (κ1) is 9.71. The third kappa shape index (κ3) is 2.35. The van der Waals surface area contributed by atoms with Crippen molar-refractivity contribution < 1.29 is 4.21 Å². The van der Waals surface area contributed by atoms with Crippen LogP contribution >= 0.6 is 0 Å². The summed E-state index contributed by atoms with van der Waals surface area (Å²) in [5, 5.41) is 0. The lowest BCUT2D eigenvalue weighted by Crippen LogP contribution is -2.02. The lowest BCUT2D eigenvalue weighted by molar-refractivity contribution is 0.676. The first-order valence-electron chi connectivity index (χ1n) is 5.00. The average molecular weight is 209 g/mol. The van der Waals surface area contributed by atoms with Crippen LogP contribution in [0.15, 0.2) is 29.2 Å². The van der Waals surface area contributed by atoms with Crippen LogP contribution < -0.4 is 5.73 Å². The maximum absolute atomic E-state index is 11.8. The Labute approximate surface area is 87.0 Å². The van der Waals surface area contributed by atoms with Crippen LogP contribution in [0, 0.1) is 5.92 Å². The van der Waals surface area contributed by atoms with Crippen LogP contribution in [-0.2, 0) is 10.8 Å². The largest absolute Gasteiger partial charge is 0.398 e. The molecular weight excluding hydrogens is 194 g/mol. The molecule has 1 aromatic carbocycles. The van der Waals surface area contributed by atoms with Gasteiger partial charge in [0.25, 0.3) is 0 Å². The van der Waals surface area contributed by atoms with Gasteiger partial charge in [-0.3, -0.25) is 4.21 Å². The molecule has 0 saturated heterocycles. The molecule has 2 nitrogen and oxygen atoms in total. The highest BCUT2D eigenvalue weighted by atomic mass is 32.2. The number of para-hydroxylation sites is 1. The van der Waals surface area contributed by atoms with Gasteiger partial charge in [-0.1, -0.05) is 25.0 Å². The van der Waals surface area contributed by atoms with E-state index >= 15 is 0 Å². The Morgan fingerprint density at radius 3 is 2.71 bits per heavy atom. The summed E-state index contributed by atoms with van der Waals surface area (Å²) in [5.74, 6) is 1.60. The summed E-state index contributed by atoms with van der Waals surface area (Å²) in [7, 11) is -0.901. The van der Waals surface area contributed by atoms with E-state index in [4.69, 9.17) is 5.73 Å². The van der Waals surface area contributed by atoms with Gasteiger partial charge in [0.2, 0.25) is 0 Å². The maximum Gasteiger partial charge on any atom is 0.0617 e. The van der Waals surface area contributed by atoms with Crippen LogP contribution in [0.1, 0.15) is 19.3 Å². The number of nitrogens with two attached hydrogens (primary N) is 1. The molecule has 3 heteroatoms. The molecule has 1 fully saturated rings. The van der Waals surface area contributed by atoms with Gasteiger partial charge in [0, 0.05) is 11.4 Å². The zero-order chi connectivity index (χ0) is 9.97. The van der Waals surface area contributed by atoms with E-state index in [1.807, 2.05) is 24.3 Å². The van der Waals surface area contributed by atoms with Gasteiger partial charge in [-0.2, -0.15) is 0 Å². The minimum atomic E-state index is -0.901. The zero-order valence-electron chi connectivity index (χ0n) is 8.11. The van der Waals surface area contributed by atoms with Crippen molar-refractivity contribution in [2.24, 2.45) is 5.92 Å². The van der Waals surface area contributed by atoms with Gasteiger partial charge in [-0.15, -0.1) is 0 Å². The minimum absolute atomic E-state index is 0.654. The van der Waals surface area contributed by atoms with E-state index in [1.54, 1.807) is 0 Å². The van der Waals surface area contributed by atoms with E-state index in [2.05, 4.69) is 0 Å². The number of hydrogen-bond acceptors (Lipinski definition) is 2. The van der Waals surface area contributed by atoms with E-state index in [-0.39, 0.29) is 0 Å². The van der Waals surface area contributed by atoms with Crippen molar-refractivity contribution in [3.05, 3.63) is 24.3 Å². The van der Waals surface area contributed by atoms with E-state index in [9.17, 15) is 4.21 Å². The van der Waals surface area contributed by atoms with Crippen molar-refractivity contribution in [2.45, 2.75) is 24.2 Å². The van der Waals surface area contributed by atoms with Gasteiger partial charge in [0.1, 0.15) is 0 Å². The average Bonchev–Trinajstić information content (AvgIpc) is 2.98. The fraction of sp³-hybridized carbons (Fsp3) is 0.455. The monoisotopic (exact) mass is 209 g/mol. The molecular formula is C11H15NOS. The Bertz CT molecular complexity index is 347. The Balaban J connectivity index is 1.98. The number of nitrogen functional groups attached to an aromatic ring is 1. The molecule has 0 spiro atoms. The molecule has 1 aromatic rings. The molecule has 1 aliphatic rings. The second-order valence-corrected chi connectivity index (χ2v) is 5.36. The molecule has 0 aromatic heterocycles. The predicted octanol–water partition coefficient (Wildman–Crippen LogP) is 2.18. The lowest BCUT2D eigenvalue weighted by atomic mass is 10.3. The van der Waals surface area contributed by atoms with Crippen molar-refractivity contribution in [1.82, 2.24) is 0 Å². The van der Waals surface area contributed by atoms with Crippen molar-refractivity contribution in [2.75, 3.05) is 11.5 Å². The van der Waals surface area contributed by atoms with E-state index in [1.165, 1.54) is 12.8 Å². The minimum Gasteiger partial charge on any atom is -0.398 e. The number of hydrogen-bond donors (Lipinski definition) is 1. The molecule has 1 aliphatic carbocycles. The van der Waals surface area contributed by atoms with Crippen LogP contribution in [0.5, 0.6) is 0 Å². The summed E-state index contributed by atoms with van der Waals surface area (Å²) in [5.41, 5.74) is 6.40. The van der Waals surface area contributed by atoms with Crippen LogP contribution in [0.25, 0.3) is 0 Å². The molecule has 0 radical (unpaired) electrons. The van der Waals surface area contributed by atoms with Gasteiger partial charge in [0.05, 0.1) is 15.7 Å². The summed E-state index contributed by atoms with van der Waals surface area (Å²) < 4.78 is 11.8. The molecule has 1 unspecified atom stereocenters. The Kier molecular flexibility index (Phi) is 2.87. The summed E-state index contributed by atoms with van der Waals surface area (Å²) in [6, 6.07) is 7.43. The quantitative estimate of drug-likeness (QED) is 0.772. The van der Waals surface area contributed by atoms with Gasteiger partial charge in [-0.05, 0) is 24.5 Å². The number of anilines is 1. The van der Waals surface area contributed by atoms with Crippen LogP contribution in [0.4, 0.5) is 5.69 Å². The molecule has 14 heavy (non-hydrogen) atoms. The summed E-state index contributed by atoms with van der Waals surface area (Å²) in [6.07, 6.45) is 3.73. The molecule has 1 saturated carbocycles. The summed E-state index contributed by atoms with van der Waals surface area (Å²) in [4.78, 5) is 0.799. The van der Waals surface area contributed by atoms with E-state index < -0.39 is 10.8 Å². The van der Waals surface area contributed by atoms with Crippen molar-refractivity contribution in [1.29, 1.82) is 0 Å². The molecule has 0 heterocycles. The lowest BCUT2D eigenvalue weighted by Gasteiger charge is -2.04. The highest BCUT2D eigenvalue weighted by molar-refractivity contribution is 7.85. The normalized spacial score (nSPS) is 18.0. The number of rotatable bonds is 4. The van der Waals surface area contributed by atoms with Crippen LogP contribution in [0.3, 0.4) is 0 Å². The fourth-order valence-corrected chi connectivity index (χ4v) is 2.81. The second kappa shape index (κ2) is 4.13. The summed E-state index contributed by atoms with van der Waals surface area (Å²) in [6.45, 7) is 0. The predicted molar refractivity (Wildman–Crippen MR) is 59.5 cm³/mol. The Morgan fingerprint density at radius 1 is 1.36 bits per heavy atom. The van der Waals surface area contributed by atoms with Crippen LogP contribution in [-0.4, -0.2) is 9.96 Å². The SMILES string of the molecule is Nc1ccccc1S(=O)CCC1CC1. The topological polar surface area (TPSA) is 43.1 Å². The number of benzene rings is 1. The molecule has 2 rings (SSSR count). The van der Waals surface area contributed by atoms with E-state index in [0.717, 1.165) is 23.0 Å². The molecule has 1 atom stereocenters. The molecule has 2 N–H and O–H groups in total. The molecule has 0 amide bonds. The smallest absolute Gasteiger partial charge is 0.0617 e. The van der Waals surface area contributed by atoms with Crippen LogP contribution in [0.2, 0.25) is 0 Å². The Morgan fingerprint density at radius 2 is 2.07 bits per heavy atom. The van der Waals surface area contributed by atoms with Gasteiger partial charge < -0.3 is 5.73 Å². The second-order valence-electron chi connectivity index (χ2n) is 3.82. The summed E-state index contributed by atoms with van der Waals surface area (Å²) >= 11 is 0. The van der Waals surface area contributed by atoms with Gasteiger partial charge >= 0.3 is 0 Å². The van der Waals surface area contributed by atoms with Gasteiger partial charge in [0.15, 0.2) is 0 Å². The first-order chi connectivity index (χ1) is 6.77. The fourth-order valence-electron chi connectivity index (χ4n) is 1.48. The highest BCUT2D eigenvalue weighted by Gasteiger charge is 2.22. The van der Waals surface area contributed by atoms with Gasteiger partial charge in [-0.25, -0.2) is 0 Å². The maximum atomic E-state index is 11.8.